The minimum atomic E-state index is -2.05. The van der Waals surface area contributed by atoms with E-state index in [-0.39, 0.29) is 5.56 Å². The monoisotopic (exact) mass is 458 g/mol. The van der Waals surface area contributed by atoms with Crippen molar-refractivity contribution < 1.29 is 48.0 Å². The van der Waals surface area contributed by atoms with Gasteiger partial charge in [-0.15, -0.1) is 0 Å². The average Bonchev–Trinajstić information content (AvgIpc) is 2.65. The second-order valence-corrected chi connectivity index (χ2v) is 7.26. The van der Waals surface area contributed by atoms with Crippen LogP contribution in [0, 0.1) is 0 Å². The molecule has 170 valence electrons. The molecule has 0 spiro atoms. The van der Waals surface area contributed by atoms with Crippen LogP contribution >= 0.6 is 11.6 Å². The smallest absolute Gasteiger partial charge is 0.303 e. The third-order valence-corrected chi connectivity index (χ3v) is 4.65. The Morgan fingerprint density at radius 2 is 1.48 bits per heavy atom. The fraction of sp³-hybridized carbons (Fsp3) is 0.500. The maximum Gasteiger partial charge on any atom is 0.303 e. The lowest BCUT2D eigenvalue weighted by atomic mass is 9.77. The normalized spacial score (nSPS) is 27.7. The molecule has 0 saturated carbocycles. The molecule has 0 aromatic heterocycles. The summed E-state index contributed by atoms with van der Waals surface area (Å²) in [5.74, 6) is -3.10. The molecule has 0 unspecified atom stereocenters. The maximum atomic E-state index is 12.2. The van der Waals surface area contributed by atoms with Crippen LogP contribution in [-0.2, 0) is 48.5 Å². The Kier molecular flexibility index (Phi) is 7.99. The van der Waals surface area contributed by atoms with Gasteiger partial charge in [0, 0.05) is 38.3 Å². The van der Waals surface area contributed by atoms with Crippen LogP contribution in [0.25, 0.3) is 0 Å². The zero-order chi connectivity index (χ0) is 23.3. The first-order chi connectivity index (χ1) is 14.5. The molecule has 31 heavy (non-hydrogen) atoms. The zero-order valence-electron chi connectivity index (χ0n) is 17.3. The molecular weight excluding hydrogens is 436 g/mol. The molecule has 1 heterocycles. The number of aliphatic hydroxyl groups excluding tert-OH is 1. The topological polar surface area (TPSA) is 135 Å². The van der Waals surface area contributed by atoms with Crippen LogP contribution < -0.4 is 0 Å². The van der Waals surface area contributed by atoms with Crippen LogP contribution in [0.1, 0.15) is 33.3 Å². The van der Waals surface area contributed by atoms with E-state index in [9.17, 15) is 24.3 Å². The number of esters is 4. The van der Waals surface area contributed by atoms with Gasteiger partial charge in [-0.2, -0.15) is 0 Å². The predicted octanol–water partition coefficient (Wildman–Crippen LogP) is 1.24. The summed E-state index contributed by atoms with van der Waals surface area (Å²) in [6.45, 7) is 3.98. The Labute approximate surface area is 183 Å². The first-order valence-electron chi connectivity index (χ1n) is 9.24. The van der Waals surface area contributed by atoms with Crippen molar-refractivity contribution in [3.63, 3.8) is 0 Å². The van der Waals surface area contributed by atoms with Gasteiger partial charge in [-0.05, 0) is 12.1 Å². The van der Waals surface area contributed by atoms with E-state index in [0.717, 1.165) is 27.7 Å². The fourth-order valence-electron chi connectivity index (χ4n) is 3.42. The summed E-state index contributed by atoms with van der Waals surface area (Å²) in [5, 5.41) is 11.0. The summed E-state index contributed by atoms with van der Waals surface area (Å²) in [7, 11) is 0. The highest BCUT2D eigenvalue weighted by atomic mass is 35.5. The number of carbonyl (C=O) groups is 4. The molecule has 1 aromatic rings. The van der Waals surface area contributed by atoms with Gasteiger partial charge in [0.1, 0.15) is 12.7 Å². The molecule has 1 aliphatic rings. The molecule has 1 saturated heterocycles. The molecule has 1 fully saturated rings. The van der Waals surface area contributed by atoms with E-state index in [1.54, 1.807) is 0 Å². The van der Waals surface area contributed by atoms with E-state index in [4.69, 9.17) is 35.3 Å². The van der Waals surface area contributed by atoms with Crippen molar-refractivity contribution in [3.05, 3.63) is 34.9 Å². The van der Waals surface area contributed by atoms with Crippen molar-refractivity contribution in [1.29, 1.82) is 0 Å². The van der Waals surface area contributed by atoms with Crippen molar-refractivity contribution in [3.8, 4) is 0 Å². The van der Waals surface area contributed by atoms with Gasteiger partial charge in [0.25, 0.3) is 0 Å². The number of rotatable bonds is 6. The van der Waals surface area contributed by atoms with E-state index < -0.39 is 60.7 Å². The second-order valence-electron chi connectivity index (χ2n) is 6.82. The fourth-order valence-corrected chi connectivity index (χ4v) is 3.54. The van der Waals surface area contributed by atoms with Crippen molar-refractivity contribution in [1.82, 2.24) is 0 Å². The minimum absolute atomic E-state index is 0.194. The third-order valence-electron chi connectivity index (χ3n) is 4.40. The quantitative estimate of drug-likeness (QED) is 0.490. The van der Waals surface area contributed by atoms with Crippen molar-refractivity contribution >= 4 is 35.5 Å². The number of hydrogen-bond acceptors (Lipinski definition) is 10. The number of ether oxygens (including phenoxy) is 5. The van der Waals surface area contributed by atoms with Gasteiger partial charge in [-0.3, -0.25) is 19.2 Å². The Bertz CT molecular complexity index is 839. The number of benzene rings is 1. The number of carbonyl (C=O) groups excluding carboxylic acids is 4. The lowest BCUT2D eigenvalue weighted by molar-refractivity contribution is -0.332. The molecule has 0 amide bonds. The van der Waals surface area contributed by atoms with Crippen molar-refractivity contribution in [2.45, 2.75) is 57.9 Å². The molecular formula is C20H23ClO10. The zero-order valence-corrected chi connectivity index (χ0v) is 18.1. The highest BCUT2D eigenvalue weighted by Crippen LogP contribution is 2.45. The van der Waals surface area contributed by atoms with E-state index in [0.29, 0.717) is 5.02 Å². The van der Waals surface area contributed by atoms with Crippen LogP contribution in [0.2, 0.25) is 5.02 Å². The SMILES string of the molecule is CC(=O)OC[C@H]1O[C@H](O)[C@H](OC(C)=O)[C@](OC(C)=O)(c2ccc(Cl)cc2)[C@@H]1OC(C)=O. The van der Waals surface area contributed by atoms with Crippen LogP contribution in [0.3, 0.4) is 0 Å². The summed E-state index contributed by atoms with van der Waals surface area (Å²) in [4.78, 5) is 47.3. The number of aliphatic hydroxyl groups is 1. The lowest BCUT2D eigenvalue weighted by Gasteiger charge is -2.50. The van der Waals surface area contributed by atoms with E-state index in [1.165, 1.54) is 24.3 Å². The standard InChI is InChI=1S/C20H23ClO10/c1-10(22)27-9-16-17(28-11(2)23)20(31-13(4)25,14-5-7-15(21)8-6-14)18(19(26)30-16)29-12(3)24/h5-8,16-19,26H,9H2,1-4H3/t16-,17-,18+,19+,20+/m1/s1. The molecule has 11 heteroatoms. The first kappa shape index (κ1) is 24.6. The molecule has 5 atom stereocenters. The van der Waals surface area contributed by atoms with Gasteiger partial charge in [-0.1, -0.05) is 23.7 Å². The van der Waals surface area contributed by atoms with E-state index in [1.807, 2.05) is 0 Å². The molecule has 0 bridgehead atoms. The van der Waals surface area contributed by atoms with Gasteiger partial charge in [0.05, 0.1) is 0 Å². The van der Waals surface area contributed by atoms with Gasteiger partial charge >= 0.3 is 23.9 Å². The summed E-state index contributed by atoms with van der Waals surface area (Å²) >= 11 is 5.98. The van der Waals surface area contributed by atoms with Gasteiger partial charge in [0.2, 0.25) is 5.60 Å². The van der Waals surface area contributed by atoms with Gasteiger partial charge in [0.15, 0.2) is 18.5 Å². The largest absolute Gasteiger partial charge is 0.463 e. The molecule has 1 aliphatic heterocycles. The molecule has 1 aromatic carbocycles. The molecule has 0 radical (unpaired) electrons. The van der Waals surface area contributed by atoms with Crippen LogP contribution in [-0.4, -0.2) is 60.2 Å². The summed E-state index contributed by atoms with van der Waals surface area (Å²) < 4.78 is 26.7. The summed E-state index contributed by atoms with van der Waals surface area (Å²) in [6.07, 6.45) is -6.20. The van der Waals surface area contributed by atoms with Gasteiger partial charge < -0.3 is 28.8 Å². The summed E-state index contributed by atoms with van der Waals surface area (Å²) in [6, 6.07) is 5.86. The predicted molar refractivity (Wildman–Crippen MR) is 104 cm³/mol. The Morgan fingerprint density at radius 3 is 1.97 bits per heavy atom. The minimum Gasteiger partial charge on any atom is -0.463 e. The van der Waals surface area contributed by atoms with E-state index >= 15 is 0 Å². The molecule has 0 aliphatic carbocycles. The molecule has 1 N–H and O–H groups in total. The van der Waals surface area contributed by atoms with E-state index in [2.05, 4.69) is 0 Å². The Morgan fingerprint density at radius 1 is 0.935 bits per heavy atom. The van der Waals surface area contributed by atoms with Gasteiger partial charge in [-0.25, -0.2) is 0 Å². The van der Waals surface area contributed by atoms with Crippen LogP contribution in [0.5, 0.6) is 0 Å². The Balaban J connectivity index is 2.76. The molecule has 10 nitrogen and oxygen atoms in total. The third kappa shape index (κ3) is 5.72. The number of hydrogen-bond donors (Lipinski definition) is 1. The maximum absolute atomic E-state index is 12.2. The number of halogens is 1. The second kappa shape index (κ2) is 10.1. The highest BCUT2D eigenvalue weighted by molar-refractivity contribution is 6.30. The van der Waals surface area contributed by atoms with Crippen molar-refractivity contribution in [2.24, 2.45) is 0 Å². The Hall–Kier alpha value is -2.69. The summed E-state index contributed by atoms with van der Waals surface area (Å²) in [5.41, 5.74) is -1.85. The first-order valence-corrected chi connectivity index (χ1v) is 9.62. The van der Waals surface area contributed by atoms with Crippen LogP contribution in [0.15, 0.2) is 24.3 Å². The lowest BCUT2D eigenvalue weighted by Crippen LogP contribution is -2.68. The highest BCUT2D eigenvalue weighted by Gasteiger charge is 2.64. The molecule has 2 rings (SSSR count). The van der Waals surface area contributed by atoms with Crippen LogP contribution in [0.4, 0.5) is 0 Å². The average molecular weight is 459 g/mol. The van der Waals surface area contributed by atoms with Crippen molar-refractivity contribution in [2.75, 3.05) is 6.61 Å².